The number of primary amides is 1. The zero-order valence-corrected chi connectivity index (χ0v) is 23.2. The molecule has 0 saturated heterocycles. The third-order valence-corrected chi connectivity index (χ3v) is 5.80. The topological polar surface area (TPSA) is 292 Å². The molecular weight excluding hydrogens is 558 g/mol. The number of carbonyl (C=O) groups is 7. The summed E-state index contributed by atoms with van der Waals surface area (Å²) in [6.45, 7) is 3.24. The lowest BCUT2D eigenvalue weighted by molar-refractivity contribution is -0.142. The Morgan fingerprint density at radius 2 is 1.26 bits per heavy atom. The van der Waals surface area contributed by atoms with Gasteiger partial charge in [-0.25, -0.2) is 4.79 Å². The zero-order chi connectivity index (χ0) is 32.1. The molecule has 6 amide bonds. The van der Waals surface area contributed by atoms with Crippen molar-refractivity contribution in [3.63, 3.8) is 0 Å². The molecule has 0 saturated carbocycles. The van der Waals surface area contributed by atoms with Crippen LogP contribution in [0.1, 0.15) is 32.8 Å². The quantitative estimate of drug-likeness (QED) is 0.0872. The molecule has 0 aliphatic carbocycles. The van der Waals surface area contributed by atoms with Crippen molar-refractivity contribution in [2.24, 2.45) is 11.5 Å². The number of phenolic OH excluding ortho intramolecular Hbond substituents is 1. The number of aliphatic carboxylic acids is 1. The maximum atomic E-state index is 12.8. The summed E-state index contributed by atoms with van der Waals surface area (Å²) in [7, 11) is 0. The minimum absolute atomic E-state index is 0.0275. The molecule has 17 nitrogen and oxygen atoms in total. The highest BCUT2D eigenvalue weighted by molar-refractivity contribution is 5.97. The Hall–Kier alpha value is -4.77. The number of phenols is 1. The van der Waals surface area contributed by atoms with Crippen LogP contribution in [0.25, 0.3) is 0 Å². The average Bonchev–Trinajstić information content (AvgIpc) is 2.90. The maximum absolute atomic E-state index is 12.8. The van der Waals surface area contributed by atoms with Crippen LogP contribution in [0.2, 0.25) is 0 Å². The number of carboxylic acids is 1. The van der Waals surface area contributed by atoms with E-state index in [1.807, 2.05) is 0 Å². The van der Waals surface area contributed by atoms with Gasteiger partial charge in [0, 0.05) is 6.42 Å². The van der Waals surface area contributed by atoms with E-state index in [1.165, 1.54) is 45.0 Å². The lowest BCUT2D eigenvalue weighted by atomic mass is 10.1. The molecule has 0 aromatic heterocycles. The molecule has 17 heteroatoms. The number of carboxylic acid groups (broad SMARTS) is 1. The molecule has 0 bridgehead atoms. The fraction of sp³-hybridized carbons (Fsp3) is 0.480. The van der Waals surface area contributed by atoms with Gasteiger partial charge < -0.3 is 53.4 Å². The molecule has 0 heterocycles. The van der Waals surface area contributed by atoms with Crippen LogP contribution >= 0.6 is 0 Å². The lowest BCUT2D eigenvalue weighted by Gasteiger charge is -2.25. The van der Waals surface area contributed by atoms with Crippen LogP contribution in [-0.4, -0.2) is 99.6 Å². The number of aromatic hydroxyl groups is 1. The molecular formula is C25H37N7O10. The molecule has 0 unspecified atom stereocenters. The van der Waals surface area contributed by atoms with E-state index in [0.717, 1.165) is 0 Å². The second-order valence-corrected chi connectivity index (χ2v) is 9.45. The van der Waals surface area contributed by atoms with Crippen molar-refractivity contribution < 1.29 is 48.9 Å². The molecule has 0 fully saturated rings. The van der Waals surface area contributed by atoms with Crippen LogP contribution in [-0.2, 0) is 40.0 Å². The molecule has 1 aromatic carbocycles. The Bertz CT molecular complexity index is 1160. The van der Waals surface area contributed by atoms with Crippen molar-refractivity contribution in [2.45, 2.75) is 69.9 Å². The first-order chi connectivity index (χ1) is 19.5. The second-order valence-electron chi connectivity index (χ2n) is 9.45. The van der Waals surface area contributed by atoms with Gasteiger partial charge in [-0.05, 0) is 38.5 Å². The van der Waals surface area contributed by atoms with E-state index in [-0.39, 0.29) is 12.2 Å². The molecule has 232 valence electrons. The predicted octanol–water partition coefficient (Wildman–Crippen LogP) is -4.30. The Kier molecular flexibility index (Phi) is 13.8. The van der Waals surface area contributed by atoms with Crippen LogP contribution in [0, 0.1) is 0 Å². The van der Waals surface area contributed by atoms with Gasteiger partial charge in [0.2, 0.25) is 35.4 Å². The van der Waals surface area contributed by atoms with Gasteiger partial charge in [0.05, 0.1) is 19.1 Å². The number of amides is 6. The third-order valence-electron chi connectivity index (χ3n) is 5.80. The average molecular weight is 596 g/mol. The Labute approximate surface area is 240 Å². The summed E-state index contributed by atoms with van der Waals surface area (Å²) in [5, 5.41) is 39.9. The van der Waals surface area contributed by atoms with Crippen LogP contribution in [0.3, 0.4) is 0 Å². The molecule has 6 atom stereocenters. The van der Waals surface area contributed by atoms with E-state index in [1.54, 1.807) is 0 Å². The van der Waals surface area contributed by atoms with E-state index in [2.05, 4.69) is 26.6 Å². The fourth-order valence-corrected chi connectivity index (χ4v) is 3.46. The first-order valence-corrected chi connectivity index (χ1v) is 12.7. The van der Waals surface area contributed by atoms with Crippen LogP contribution in [0.5, 0.6) is 5.75 Å². The van der Waals surface area contributed by atoms with E-state index >= 15 is 0 Å². The van der Waals surface area contributed by atoms with Crippen molar-refractivity contribution >= 4 is 41.4 Å². The number of benzene rings is 1. The summed E-state index contributed by atoms with van der Waals surface area (Å²) in [5.74, 6) is -6.88. The summed E-state index contributed by atoms with van der Waals surface area (Å²) < 4.78 is 0. The second kappa shape index (κ2) is 16.5. The Morgan fingerprint density at radius 1 is 0.762 bits per heavy atom. The summed E-state index contributed by atoms with van der Waals surface area (Å²) in [6.07, 6.45) is -2.16. The van der Waals surface area contributed by atoms with Gasteiger partial charge in [0.1, 0.15) is 36.0 Å². The van der Waals surface area contributed by atoms with Crippen molar-refractivity contribution in [2.75, 3.05) is 6.54 Å². The van der Waals surface area contributed by atoms with Crippen LogP contribution < -0.4 is 38.1 Å². The summed E-state index contributed by atoms with van der Waals surface area (Å²) in [5.41, 5.74) is 10.9. The van der Waals surface area contributed by atoms with E-state index in [9.17, 15) is 48.9 Å². The van der Waals surface area contributed by atoms with Gasteiger partial charge in [-0.15, -0.1) is 0 Å². The van der Waals surface area contributed by atoms with Crippen molar-refractivity contribution in [3.05, 3.63) is 29.8 Å². The molecule has 0 aliphatic heterocycles. The number of hydrogen-bond acceptors (Lipinski definition) is 10. The van der Waals surface area contributed by atoms with Crippen LogP contribution in [0.15, 0.2) is 24.3 Å². The van der Waals surface area contributed by atoms with Gasteiger partial charge in [0.25, 0.3) is 0 Å². The van der Waals surface area contributed by atoms with Crippen molar-refractivity contribution in [1.29, 1.82) is 0 Å². The Morgan fingerprint density at radius 3 is 1.71 bits per heavy atom. The Balaban J connectivity index is 2.86. The molecule has 12 N–H and O–H groups in total. The van der Waals surface area contributed by atoms with Gasteiger partial charge in [-0.2, -0.15) is 0 Å². The molecule has 1 aromatic rings. The van der Waals surface area contributed by atoms with E-state index in [4.69, 9.17) is 11.5 Å². The van der Waals surface area contributed by atoms with E-state index in [0.29, 0.717) is 5.56 Å². The largest absolute Gasteiger partial charge is 0.508 e. The minimum Gasteiger partial charge on any atom is -0.508 e. The van der Waals surface area contributed by atoms with Gasteiger partial charge >= 0.3 is 5.97 Å². The number of aliphatic hydroxyl groups is 1. The summed E-state index contributed by atoms with van der Waals surface area (Å²) in [6, 6.07) is -1.39. The van der Waals surface area contributed by atoms with Crippen molar-refractivity contribution in [3.8, 4) is 5.75 Å². The monoisotopic (exact) mass is 595 g/mol. The molecule has 0 radical (unpaired) electrons. The predicted molar refractivity (Wildman–Crippen MR) is 145 cm³/mol. The number of carbonyl (C=O) groups excluding carboxylic acids is 6. The lowest BCUT2D eigenvalue weighted by Crippen LogP contribution is -2.59. The summed E-state index contributed by atoms with van der Waals surface area (Å²) in [4.78, 5) is 85.4. The number of nitrogens with one attached hydrogen (secondary N) is 5. The normalized spacial score (nSPS) is 15.0. The highest BCUT2D eigenvalue weighted by atomic mass is 16.4. The number of hydrogen-bond donors (Lipinski definition) is 10. The number of rotatable bonds is 16. The summed E-state index contributed by atoms with van der Waals surface area (Å²) >= 11 is 0. The van der Waals surface area contributed by atoms with Crippen molar-refractivity contribution in [1.82, 2.24) is 26.6 Å². The zero-order valence-electron chi connectivity index (χ0n) is 23.2. The number of nitrogens with two attached hydrogens (primary N) is 2. The fourth-order valence-electron chi connectivity index (χ4n) is 3.46. The van der Waals surface area contributed by atoms with E-state index < -0.39 is 90.7 Å². The van der Waals surface area contributed by atoms with Crippen LogP contribution in [0.4, 0.5) is 0 Å². The smallest absolute Gasteiger partial charge is 0.326 e. The number of aliphatic hydroxyl groups excluding tert-OH is 1. The first kappa shape index (κ1) is 35.3. The standard InChI is InChI=1S/C25H37N7O10/c1-11(22(38)31-17(25(41)42)8-14-4-6-15(34)7-5-14)28-23(39)16(9-18(27)35)30-21(37)12(2)29-24(40)20(13(3)33)32-19(36)10-26/h4-7,11-13,16-17,20,33-34H,8-10,26H2,1-3H3,(H2,27,35)(H,28,39)(H,29,40)(H,30,37)(H,31,38)(H,32,36)(H,41,42)/t11-,12-,13+,16-,17-,20-/m0/s1. The maximum Gasteiger partial charge on any atom is 0.326 e. The van der Waals surface area contributed by atoms with Gasteiger partial charge in [-0.3, -0.25) is 28.8 Å². The van der Waals surface area contributed by atoms with Gasteiger partial charge in [0.15, 0.2) is 0 Å². The molecule has 42 heavy (non-hydrogen) atoms. The molecule has 0 aliphatic rings. The SMILES string of the molecule is C[C@H](NC(=O)[C@H](CC(N)=O)NC(=O)[C@H](C)NC(=O)[C@@H](NC(=O)CN)[C@@H](C)O)C(=O)N[C@@H](Cc1ccc(O)cc1)C(=O)O. The third kappa shape index (κ3) is 11.8. The highest BCUT2D eigenvalue weighted by Gasteiger charge is 2.31. The molecule has 0 spiro atoms. The minimum atomic E-state index is -1.58. The van der Waals surface area contributed by atoms with Gasteiger partial charge in [-0.1, -0.05) is 12.1 Å². The first-order valence-electron chi connectivity index (χ1n) is 12.7. The highest BCUT2D eigenvalue weighted by Crippen LogP contribution is 2.11. The molecule has 1 rings (SSSR count).